The Labute approximate surface area is 122 Å². The SMILES string of the molecule is Cc1cc(C)c(C(=O)NCCO)c(O)c1C(=O)NCCO. The zero-order chi connectivity index (χ0) is 16.0. The molecule has 7 heteroatoms. The van der Waals surface area contributed by atoms with E-state index in [1.165, 1.54) is 0 Å². The van der Waals surface area contributed by atoms with Crippen LogP contribution < -0.4 is 10.6 Å². The van der Waals surface area contributed by atoms with Crippen LogP contribution in [0.25, 0.3) is 0 Å². The van der Waals surface area contributed by atoms with Crippen LogP contribution in [0.3, 0.4) is 0 Å². The molecule has 0 fully saturated rings. The van der Waals surface area contributed by atoms with E-state index in [0.29, 0.717) is 11.1 Å². The molecule has 0 saturated heterocycles. The first kappa shape index (κ1) is 16.9. The Morgan fingerprint density at radius 2 is 1.33 bits per heavy atom. The van der Waals surface area contributed by atoms with Crippen molar-refractivity contribution in [3.05, 3.63) is 28.3 Å². The van der Waals surface area contributed by atoms with E-state index in [0.717, 1.165) is 0 Å². The average Bonchev–Trinajstić information content (AvgIpc) is 2.42. The van der Waals surface area contributed by atoms with Gasteiger partial charge in [0.25, 0.3) is 11.8 Å². The number of nitrogens with one attached hydrogen (secondary N) is 2. The van der Waals surface area contributed by atoms with E-state index >= 15 is 0 Å². The van der Waals surface area contributed by atoms with Gasteiger partial charge in [-0.1, -0.05) is 6.07 Å². The van der Waals surface area contributed by atoms with Gasteiger partial charge in [-0.3, -0.25) is 9.59 Å². The molecule has 0 aliphatic heterocycles. The lowest BCUT2D eigenvalue weighted by atomic mass is 9.97. The minimum Gasteiger partial charge on any atom is -0.506 e. The normalized spacial score (nSPS) is 10.3. The van der Waals surface area contributed by atoms with Crippen LogP contribution in [0.2, 0.25) is 0 Å². The molecule has 0 saturated carbocycles. The molecule has 0 unspecified atom stereocenters. The summed E-state index contributed by atoms with van der Waals surface area (Å²) in [6.07, 6.45) is 0. The van der Waals surface area contributed by atoms with Crippen molar-refractivity contribution in [2.75, 3.05) is 26.3 Å². The second-order valence-electron chi connectivity index (χ2n) is 4.57. The van der Waals surface area contributed by atoms with Crippen molar-refractivity contribution in [2.45, 2.75) is 13.8 Å². The lowest BCUT2D eigenvalue weighted by molar-refractivity contribution is 0.0938. The number of aromatic hydroxyl groups is 1. The highest BCUT2D eigenvalue weighted by Gasteiger charge is 2.23. The molecular weight excluding hydrogens is 276 g/mol. The maximum absolute atomic E-state index is 12.0. The van der Waals surface area contributed by atoms with Gasteiger partial charge < -0.3 is 26.0 Å². The second-order valence-corrected chi connectivity index (χ2v) is 4.57. The molecule has 5 N–H and O–H groups in total. The van der Waals surface area contributed by atoms with E-state index < -0.39 is 17.6 Å². The number of amides is 2. The van der Waals surface area contributed by atoms with E-state index in [9.17, 15) is 14.7 Å². The van der Waals surface area contributed by atoms with Crippen LogP contribution >= 0.6 is 0 Å². The van der Waals surface area contributed by atoms with Gasteiger partial charge in [0, 0.05) is 13.1 Å². The third-order valence-corrected chi connectivity index (χ3v) is 2.94. The van der Waals surface area contributed by atoms with E-state index in [4.69, 9.17) is 10.2 Å². The first-order valence-electron chi connectivity index (χ1n) is 6.55. The molecule has 0 bridgehead atoms. The highest BCUT2D eigenvalue weighted by atomic mass is 16.3. The Bertz CT molecular complexity index is 498. The molecule has 21 heavy (non-hydrogen) atoms. The molecule has 7 nitrogen and oxygen atoms in total. The molecule has 1 aromatic carbocycles. The van der Waals surface area contributed by atoms with Crippen molar-refractivity contribution in [3.63, 3.8) is 0 Å². The number of carbonyl (C=O) groups excluding carboxylic acids is 2. The van der Waals surface area contributed by atoms with Crippen molar-refractivity contribution < 1.29 is 24.9 Å². The number of phenols is 1. The summed E-state index contributed by atoms with van der Waals surface area (Å²) >= 11 is 0. The molecule has 0 atom stereocenters. The number of carbonyl (C=O) groups is 2. The number of hydrogen-bond acceptors (Lipinski definition) is 5. The number of aliphatic hydroxyl groups excluding tert-OH is 2. The van der Waals surface area contributed by atoms with Gasteiger partial charge in [0.05, 0.1) is 24.3 Å². The standard InChI is InChI=1S/C14H20N2O5/c1-8-7-9(2)11(14(21)16-4-6-18)12(19)10(8)13(20)15-3-5-17/h7,17-19H,3-6H2,1-2H3,(H,15,20)(H,16,21). The molecule has 1 aromatic rings. The molecule has 0 aliphatic rings. The Kier molecular flexibility index (Phi) is 6.13. The summed E-state index contributed by atoms with van der Waals surface area (Å²) in [5.41, 5.74) is 1.06. The zero-order valence-corrected chi connectivity index (χ0v) is 12.1. The summed E-state index contributed by atoms with van der Waals surface area (Å²) < 4.78 is 0. The summed E-state index contributed by atoms with van der Waals surface area (Å²) in [4.78, 5) is 24.0. The number of phenolic OH excluding ortho intramolecular Hbond substituents is 1. The number of benzene rings is 1. The van der Waals surface area contributed by atoms with E-state index in [1.54, 1.807) is 19.9 Å². The van der Waals surface area contributed by atoms with Gasteiger partial charge in [-0.05, 0) is 25.0 Å². The minimum atomic E-state index is -0.560. The largest absolute Gasteiger partial charge is 0.506 e. The Morgan fingerprint density at radius 1 is 0.952 bits per heavy atom. The van der Waals surface area contributed by atoms with Gasteiger partial charge in [0.15, 0.2) is 0 Å². The highest BCUT2D eigenvalue weighted by Crippen LogP contribution is 2.29. The third-order valence-electron chi connectivity index (χ3n) is 2.94. The molecule has 0 heterocycles. The number of aryl methyl sites for hydroxylation is 2. The monoisotopic (exact) mass is 296 g/mol. The van der Waals surface area contributed by atoms with E-state index in [1.807, 2.05) is 0 Å². The summed E-state index contributed by atoms with van der Waals surface area (Å²) in [7, 11) is 0. The zero-order valence-electron chi connectivity index (χ0n) is 12.1. The highest BCUT2D eigenvalue weighted by molar-refractivity contribution is 6.05. The quantitative estimate of drug-likeness (QED) is 0.483. The molecule has 2 amide bonds. The van der Waals surface area contributed by atoms with Crippen LogP contribution in [0.15, 0.2) is 6.07 Å². The number of hydrogen-bond donors (Lipinski definition) is 5. The van der Waals surface area contributed by atoms with Gasteiger partial charge in [0.1, 0.15) is 5.75 Å². The summed E-state index contributed by atoms with van der Waals surface area (Å²) in [5, 5.41) is 32.6. The molecule has 0 aliphatic carbocycles. The van der Waals surface area contributed by atoms with Gasteiger partial charge in [-0.2, -0.15) is 0 Å². The Balaban J connectivity index is 3.22. The minimum absolute atomic E-state index is 0.00296. The molecule has 0 spiro atoms. The van der Waals surface area contributed by atoms with Crippen LogP contribution in [0.5, 0.6) is 5.75 Å². The lowest BCUT2D eigenvalue weighted by Crippen LogP contribution is -2.30. The maximum Gasteiger partial charge on any atom is 0.255 e. The van der Waals surface area contributed by atoms with Gasteiger partial charge in [-0.25, -0.2) is 0 Å². The Morgan fingerprint density at radius 3 is 1.67 bits per heavy atom. The summed E-state index contributed by atoms with van der Waals surface area (Å²) in [6, 6.07) is 1.63. The topological polar surface area (TPSA) is 119 Å². The molecule has 1 rings (SSSR count). The first-order chi connectivity index (χ1) is 9.93. The van der Waals surface area contributed by atoms with Crippen LogP contribution in [0.1, 0.15) is 31.8 Å². The van der Waals surface area contributed by atoms with Crippen molar-refractivity contribution in [1.82, 2.24) is 10.6 Å². The Hall–Kier alpha value is -2.12. The van der Waals surface area contributed by atoms with Crippen molar-refractivity contribution in [2.24, 2.45) is 0 Å². The smallest absolute Gasteiger partial charge is 0.255 e. The van der Waals surface area contributed by atoms with Crippen LogP contribution in [-0.4, -0.2) is 53.4 Å². The van der Waals surface area contributed by atoms with Gasteiger partial charge in [0.2, 0.25) is 0 Å². The molecule has 0 radical (unpaired) electrons. The number of rotatable bonds is 6. The summed E-state index contributed by atoms with van der Waals surface area (Å²) in [5.74, 6) is -1.52. The van der Waals surface area contributed by atoms with Crippen LogP contribution in [-0.2, 0) is 0 Å². The van der Waals surface area contributed by atoms with Crippen molar-refractivity contribution >= 4 is 11.8 Å². The lowest BCUT2D eigenvalue weighted by Gasteiger charge is -2.15. The second kappa shape index (κ2) is 7.61. The predicted molar refractivity (Wildman–Crippen MR) is 76.4 cm³/mol. The third kappa shape index (κ3) is 3.93. The van der Waals surface area contributed by atoms with Crippen LogP contribution in [0, 0.1) is 13.8 Å². The van der Waals surface area contributed by atoms with Gasteiger partial charge in [-0.15, -0.1) is 0 Å². The molecule has 116 valence electrons. The van der Waals surface area contributed by atoms with Crippen molar-refractivity contribution in [3.8, 4) is 5.75 Å². The number of aliphatic hydroxyl groups is 2. The van der Waals surface area contributed by atoms with Crippen molar-refractivity contribution in [1.29, 1.82) is 0 Å². The maximum atomic E-state index is 12.0. The molecular formula is C14H20N2O5. The van der Waals surface area contributed by atoms with E-state index in [-0.39, 0.29) is 37.4 Å². The van der Waals surface area contributed by atoms with Gasteiger partial charge >= 0.3 is 0 Å². The van der Waals surface area contributed by atoms with E-state index in [2.05, 4.69) is 10.6 Å². The fourth-order valence-corrected chi connectivity index (χ4v) is 2.06. The summed E-state index contributed by atoms with van der Waals surface area (Å²) in [6.45, 7) is 2.96. The fourth-order valence-electron chi connectivity index (χ4n) is 2.06. The average molecular weight is 296 g/mol. The molecule has 0 aromatic heterocycles. The predicted octanol–water partition coefficient (Wildman–Crippen LogP) is -0.547. The first-order valence-corrected chi connectivity index (χ1v) is 6.55. The fraction of sp³-hybridized carbons (Fsp3) is 0.429. The van der Waals surface area contributed by atoms with Crippen LogP contribution in [0.4, 0.5) is 0 Å².